The van der Waals surface area contributed by atoms with Gasteiger partial charge < -0.3 is 9.88 Å². The molecule has 2 aromatic heterocycles. The summed E-state index contributed by atoms with van der Waals surface area (Å²) in [7, 11) is 0. The predicted octanol–water partition coefficient (Wildman–Crippen LogP) is 1.84. The molecular formula is C9H12N4S. The highest BCUT2D eigenvalue weighted by atomic mass is 32.1. The van der Waals surface area contributed by atoms with Crippen molar-refractivity contribution in [2.75, 3.05) is 11.9 Å². The first-order valence-corrected chi connectivity index (χ1v) is 5.42. The summed E-state index contributed by atoms with van der Waals surface area (Å²) in [6, 6.07) is 0. The quantitative estimate of drug-likeness (QED) is 0.762. The molecule has 2 heterocycles. The molecule has 2 rings (SSSR count). The molecule has 5 heteroatoms. The summed E-state index contributed by atoms with van der Waals surface area (Å²) in [6.45, 7) is 1.95. The van der Waals surface area contributed by atoms with Crippen LogP contribution in [0.1, 0.15) is 6.42 Å². The SMILES string of the molecule is c1cn(CCCNc2nccs2)cn1. The Hall–Kier alpha value is -1.36. The summed E-state index contributed by atoms with van der Waals surface area (Å²) in [5, 5.41) is 6.23. The maximum atomic E-state index is 4.14. The van der Waals surface area contributed by atoms with Crippen molar-refractivity contribution in [2.45, 2.75) is 13.0 Å². The number of aryl methyl sites for hydroxylation is 1. The minimum absolute atomic E-state index is 0.950. The maximum absolute atomic E-state index is 4.14. The Morgan fingerprint density at radius 1 is 1.43 bits per heavy atom. The number of hydrogen-bond acceptors (Lipinski definition) is 4. The van der Waals surface area contributed by atoms with Crippen LogP contribution in [-0.2, 0) is 6.54 Å². The van der Waals surface area contributed by atoms with Crippen LogP contribution in [0.3, 0.4) is 0 Å². The highest BCUT2D eigenvalue weighted by Crippen LogP contribution is 2.09. The van der Waals surface area contributed by atoms with Gasteiger partial charge in [0.25, 0.3) is 0 Å². The lowest BCUT2D eigenvalue weighted by molar-refractivity contribution is 0.660. The summed E-state index contributed by atoms with van der Waals surface area (Å²) >= 11 is 1.63. The summed E-state index contributed by atoms with van der Waals surface area (Å²) in [5.74, 6) is 0. The van der Waals surface area contributed by atoms with Gasteiger partial charge >= 0.3 is 0 Å². The normalized spacial score (nSPS) is 10.3. The Kier molecular flexibility index (Phi) is 3.13. The third kappa shape index (κ3) is 2.56. The molecule has 0 spiro atoms. The van der Waals surface area contributed by atoms with Crippen molar-refractivity contribution >= 4 is 16.5 Å². The van der Waals surface area contributed by atoms with Gasteiger partial charge in [0.1, 0.15) is 0 Å². The second-order valence-corrected chi connectivity index (χ2v) is 3.81. The van der Waals surface area contributed by atoms with Crippen LogP contribution in [0.2, 0.25) is 0 Å². The van der Waals surface area contributed by atoms with Crippen LogP contribution >= 0.6 is 11.3 Å². The second-order valence-electron chi connectivity index (χ2n) is 2.92. The Morgan fingerprint density at radius 3 is 3.14 bits per heavy atom. The van der Waals surface area contributed by atoms with Crippen molar-refractivity contribution in [3.05, 3.63) is 30.3 Å². The molecule has 0 radical (unpaired) electrons. The van der Waals surface area contributed by atoms with Gasteiger partial charge in [-0.2, -0.15) is 0 Å². The van der Waals surface area contributed by atoms with Crippen molar-refractivity contribution in [1.29, 1.82) is 0 Å². The Labute approximate surface area is 86.6 Å². The standard InChI is InChI=1S/C9H12N4S/c1(5-13-6-3-10-8-13)2-11-9-12-4-7-14-9/h3-4,6-8H,1-2,5H2,(H,11,12). The van der Waals surface area contributed by atoms with Gasteiger partial charge in [-0.25, -0.2) is 9.97 Å². The predicted molar refractivity (Wildman–Crippen MR) is 57.4 cm³/mol. The lowest BCUT2D eigenvalue weighted by Crippen LogP contribution is -2.05. The zero-order chi connectivity index (χ0) is 9.64. The highest BCUT2D eigenvalue weighted by Gasteiger charge is 1.93. The van der Waals surface area contributed by atoms with Gasteiger partial charge in [0.2, 0.25) is 0 Å². The van der Waals surface area contributed by atoms with Crippen molar-refractivity contribution in [3.63, 3.8) is 0 Å². The molecule has 0 saturated heterocycles. The van der Waals surface area contributed by atoms with Crippen molar-refractivity contribution < 1.29 is 0 Å². The number of thiazole rings is 1. The summed E-state index contributed by atoms with van der Waals surface area (Å²) < 4.78 is 2.07. The van der Waals surface area contributed by atoms with Crippen LogP contribution in [0.5, 0.6) is 0 Å². The van der Waals surface area contributed by atoms with Crippen LogP contribution < -0.4 is 5.32 Å². The first-order valence-electron chi connectivity index (χ1n) is 4.54. The van der Waals surface area contributed by atoms with Crippen molar-refractivity contribution in [2.24, 2.45) is 0 Å². The molecular weight excluding hydrogens is 196 g/mol. The Morgan fingerprint density at radius 2 is 2.43 bits per heavy atom. The molecule has 0 aromatic carbocycles. The molecule has 2 aromatic rings. The first-order chi connectivity index (χ1) is 6.95. The lowest BCUT2D eigenvalue weighted by atomic mass is 10.4. The van der Waals surface area contributed by atoms with Crippen molar-refractivity contribution in [3.8, 4) is 0 Å². The number of anilines is 1. The molecule has 0 fully saturated rings. The number of imidazole rings is 1. The second kappa shape index (κ2) is 4.76. The van der Waals surface area contributed by atoms with E-state index in [2.05, 4.69) is 19.9 Å². The topological polar surface area (TPSA) is 42.7 Å². The zero-order valence-electron chi connectivity index (χ0n) is 7.76. The van der Waals surface area contributed by atoms with E-state index in [9.17, 15) is 0 Å². The number of aromatic nitrogens is 3. The third-order valence-corrected chi connectivity index (χ3v) is 2.59. The summed E-state index contributed by atoms with van der Waals surface area (Å²) in [5.41, 5.74) is 0. The molecule has 0 bridgehead atoms. The number of rotatable bonds is 5. The highest BCUT2D eigenvalue weighted by molar-refractivity contribution is 7.13. The molecule has 0 aliphatic rings. The van der Waals surface area contributed by atoms with Crippen molar-refractivity contribution in [1.82, 2.24) is 14.5 Å². The molecule has 0 atom stereocenters. The van der Waals surface area contributed by atoms with E-state index in [0.29, 0.717) is 0 Å². The average Bonchev–Trinajstić information content (AvgIpc) is 2.86. The van der Waals surface area contributed by atoms with Crippen LogP contribution in [0.4, 0.5) is 5.13 Å². The van der Waals surface area contributed by atoms with E-state index < -0.39 is 0 Å². The third-order valence-electron chi connectivity index (χ3n) is 1.86. The number of nitrogens with one attached hydrogen (secondary N) is 1. The fraction of sp³-hybridized carbons (Fsp3) is 0.333. The molecule has 0 aliphatic heterocycles. The Balaban J connectivity index is 1.65. The van der Waals surface area contributed by atoms with Gasteiger partial charge in [0.15, 0.2) is 5.13 Å². The largest absolute Gasteiger partial charge is 0.361 e. The average molecular weight is 208 g/mol. The maximum Gasteiger partial charge on any atom is 0.182 e. The summed E-state index contributed by atoms with van der Waals surface area (Å²) in [4.78, 5) is 8.12. The van der Waals surface area contributed by atoms with E-state index in [1.54, 1.807) is 17.5 Å². The molecule has 0 aliphatic carbocycles. The van der Waals surface area contributed by atoms with Gasteiger partial charge in [0, 0.05) is 37.1 Å². The number of hydrogen-bond donors (Lipinski definition) is 1. The first kappa shape index (κ1) is 9.21. The van der Waals surface area contributed by atoms with Crippen LogP contribution in [0.15, 0.2) is 30.3 Å². The van der Waals surface area contributed by atoms with E-state index in [1.165, 1.54) is 0 Å². The van der Waals surface area contributed by atoms with Crippen LogP contribution in [-0.4, -0.2) is 21.1 Å². The van der Waals surface area contributed by atoms with Crippen LogP contribution in [0.25, 0.3) is 0 Å². The van der Waals surface area contributed by atoms with E-state index in [0.717, 1.165) is 24.6 Å². The monoisotopic (exact) mass is 208 g/mol. The fourth-order valence-electron chi connectivity index (χ4n) is 1.19. The molecule has 0 amide bonds. The summed E-state index contributed by atoms with van der Waals surface area (Å²) in [6.07, 6.45) is 8.50. The van der Waals surface area contributed by atoms with Crippen LogP contribution in [0, 0.1) is 0 Å². The van der Waals surface area contributed by atoms with E-state index in [4.69, 9.17) is 0 Å². The van der Waals surface area contributed by atoms with Gasteiger partial charge in [0.05, 0.1) is 6.33 Å². The lowest BCUT2D eigenvalue weighted by Gasteiger charge is -2.02. The minimum Gasteiger partial charge on any atom is -0.361 e. The number of nitrogens with zero attached hydrogens (tertiary/aromatic N) is 3. The van der Waals surface area contributed by atoms with Gasteiger partial charge in [-0.15, -0.1) is 11.3 Å². The Bertz CT molecular complexity index is 305. The van der Waals surface area contributed by atoms with E-state index in [1.807, 2.05) is 24.1 Å². The van der Waals surface area contributed by atoms with Gasteiger partial charge in [-0.1, -0.05) is 0 Å². The molecule has 1 N–H and O–H groups in total. The molecule has 0 saturated carbocycles. The molecule has 14 heavy (non-hydrogen) atoms. The fourth-order valence-corrected chi connectivity index (χ4v) is 1.74. The van der Waals surface area contributed by atoms with E-state index in [-0.39, 0.29) is 0 Å². The van der Waals surface area contributed by atoms with E-state index >= 15 is 0 Å². The van der Waals surface area contributed by atoms with Gasteiger partial charge in [-0.3, -0.25) is 0 Å². The minimum atomic E-state index is 0.950. The zero-order valence-corrected chi connectivity index (χ0v) is 8.57. The van der Waals surface area contributed by atoms with Gasteiger partial charge in [-0.05, 0) is 6.42 Å². The molecule has 74 valence electrons. The molecule has 0 unspecified atom stereocenters. The smallest absolute Gasteiger partial charge is 0.182 e. The molecule has 4 nitrogen and oxygen atoms in total.